The fourth-order valence-corrected chi connectivity index (χ4v) is 4.90. The fourth-order valence-electron chi connectivity index (χ4n) is 4.90. The first-order chi connectivity index (χ1) is 14.5. The van der Waals surface area contributed by atoms with Gasteiger partial charge in [0.05, 0.1) is 24.5 Å². The number of hydrogen-bond donors (Lipinski definition) is 1. The van der Waals surface area contributed by atoms with Gasteiger partial charge < -0.3 is 15.0 Å². The molecule has 6 nitrogen and oxygen atoms in total. The van der Waals surface area contributed by atoms with Crippen molar-refractivity contribution >= 4 is 17.5 Å². The monoisotopic (exact) mass is 403 g/mol. The molecule has 2 aromatic rings. The standard InChI is InChI=1S/C24H25N3O3/c1-15(2)17-5-7-18(8-6-17)26-22(28)20-19-9-10-24(30-19)14-27(23(29)21(20)24)13-16-4-3-11-25-12-16/h3-12,15,19-21H,13-14H2,1-2H3,(H,26,28)/t19-,20+,21-,24-/m0/s1. The number of nitrogens with zero attached hydrogens (tertiary/aromatic N) is 2. The van der Waals surface area contributed by atoms with Crippen molar-refractivity contribution < 1.29 is 14.3 Å². The number of ether oxygens (including phenoxy) is 1. The average molecular weight is 403 g/mol. The van der Waals surface area contributed by atoms with Crippen LogP contribution in [-0.2, 0) is 20.9 Å². The minimum atomic E-state index is -0.701. The van der Waals surface area contributed by atoms with E-state index in [4.69, 9.17) is 4.74 Å². The first-order valence-electron chi connectivity index (χ1n) is 10.4. The van der Waals surface area contributed by atoms with Gasteiger partial charge in [-0.1, -0.05) is 44.2 Å². The van der Waals surface area contributed by atoms with Crippen molar-refractivity contribution in [1.82, 2.24) is 9.88 Å². The molecule has 30 heavy (non-hydrogen) atoms. The van der Waals surface area contributed by atoms with Gasteiger partial charge >= 0.3 is 0 Å². The van der Waals surface area contributed by atoms with E-state index in [9.17, 15) is 9.59 Å². The minimum absolute atomic E-state index is 0.0268. The summed E-state index contributed by atoms with van der Waals surface area (Å²) in [6, 6.07) is 11.7. The van der Waals surface area contributed by atoms with Crippen LogP contribution >= 0.6 is 0 Å². The molecule has 6 heteroatoms. The molecule has 1 aromatic carbocycles. The summed E-state index contributed by atoms with van der Waals surface area (Å²) in [5.41, 5.74) is 2.22. The Morgan fingerprint density at radius 2 is 2.10 bits per heavy atom. The Bertz CT molecular complexity index is 1000. The maximum absolute atomic E-state index is 13.3. The molecule has 5 rings (SSSR count). The average Bonchev–Trinajstić information content (AvgIpc) is 3.37. The van der Waals surface area contributed by atoms with Crippen molar-refractivity contribution in [3.8, 4) is 0 Å². The Kier molecular flexibility index (Phi) is 4.47. The van der Waals surface area contributed by atoms with Gasteiger partial charge in [-0.25, -0.2) is 0 Å². The van der Waals surface area contributed by atoms with E-state index in [1.807, 2.05) is 48.6 Å². The van der Waals surface area contributed by atoms with Crippen LogP contribution < -0.4 is 5.32 Å². The van der Waals surface area contributed by atoms with Gasteiger partial charge in [0.25, 0.3) is 0 Å². The maximum Gasteiger partial charge on any atom is 0.231 e. The van der Waals surface area contributed by atoms with Crippen molar-refractivity contribution in [2.75, 3.05) is 11.9 Å². The predicted octanol–water partition coefficient (Wildman–Crippen LogP) is 3.13. The van der Waals surface area contributed by atoms with Gasteiger partial charge in [0.2, 0.25) is 11.8 Å². The van der Waals surface area contributed by atoms with E-state index in [-0.39, 0.29) is 17.9 Å². The number of anilines is 1. The molecule has 0 unspecified atom stereocenters. The predicted molar refractivity (Wildman–Crippen MR) is 113 cm³/mol. The molecule has 4 atom stereocenters. The Morgan fingerprint density at radius 3 is 2.80 bits per heavy atom. The van der Waals surface area contributed by atoms with Crippen molar-refractivity contribution in [3.05, 3.63) is 72.1 Å². The van der Waals surface area contributed by atoms with Crippen LogP contribution in [0, 0.1) is 11.8 Å². The third-order valence-corrected chi connectivity index (χ3v) is 6.42. The zero-order chi connectivity index (χ0) is 20.9. The van der Waals surface area contributed by atoms with Crippen LogP contribution in [0.1, 0.15) is 30.9 Å². The van der Waals surface area contributed by atoms with E-state index in [1.165, 1.54) is 5.56 Å². The highest BCUT2D eigenvalue weighted by molar-refractivity contribution is 5.99. The molecule has 1 N–H and O–H groups in total. The lowest BCUT2D eigenvalue weighted by molar-refractivity contribution is -0.136. The lowest BCUT2D eigenvalue weighted by atomic mass is 9.76. The molecule has 0 aliphatic carbocycles. The smallest absolute Gasteiger partial charge is 0.231 e. The normalized spacial score (nSPS) is 29.0. The number of nitrogens with one attached hydrogen (secondary N) is 1. The van der Waals surface area contributed by atoms with Gasteiger partial charge in [-0.3, -0.25) is 14.6 Å². The Morgan fingerprint density at radius 1 is 1.30 bits per heavy atom. The molecule has 2 fully saturated rings. The van der Waals surface area contributed by atoms with Crippen molar-refractivity contribution in [2.45, 2.75) is 38.0 Å². The van der Waals surface area contributed by atoms with E-state index >= 15 is 0 Å². The lowest BCUT2D eigenvalue weighted by Gasteiger charge is -2.23. The number of fused-ring (bicyclic) bond motifs is 1. The van der Waals surface area contributed by atoms with E-state index < -0.39 is 17.4 Å². The highest BCUT2D eigenvalue weighted by Gasteiger charge is 2.66. The molecular formula is C24H25N3O3. The second-order valence-corrected chi connectivity index (χ2v) is 8.72. The van der Waals surface area contributed by atoms with Gasteiger partial charge in [-0.2, -0.15) is 0 Å². The molecule has 2 saturated heterocycles. The number of aromatic nitrogens is 1. The van der Waals surface area contributed by atoms with E-state index in [0.29, 0.717) is 19.0 Å². The summed E-state index contributed by atoms with van der Waals surface area (Å²) in [6.45, 7) is 5.20. The van der Waals surface area contributed by atoms with Crippen LogP contribution in [0.3, 0.4) is 0 Å². The molecule has 4 heterocycles. The van der Waals surface area contributed by atoms with Gasteiger partial charge in [-0.05, 0) is 35.2 Å². The van der Waals surface area contributed by atoms with Crippen molar-refractivity contribution in [1.29, 1.82) is 0 Å². The number of hydrogen-bond acceptors (Lipinski definition) is 4. The Labute approximate surface area is 175 Å². The topological polar surface area (TPSA) is 71.5 Å². The number of carbonyl (C=O) groups is 2. The highest BCUT2D eigenvalue weighted by Crippen LogP contribution is 2.52. The lowest BCUT2D eigenvalue weighted by Crippen LogP contribution is -2.41. The number of pyridine rings is 1. The van der Waals surface area contributed by atoms with Gasteiger partial charge in [0.15, 0.2) is 0 Å². The summed E-state index contributed by atoms with van der Waals surface area (Å²) in [6.07, 6.45) is 7.03. The quantitative estimate of drug-likeness (QED) is 0.779. The number of benzene rings is 1. The second kappa shape index (κ2) is 7.06. The summed E-state index contributed by atoms with van der Waals surface area (Å²) < 4.78 is 6.19. The number of carbonyl (C=O) groups excluding carboxylic acids is 2. The van der Waals surface area contributed by atoms with Crippen molar-refractivity contribution in [3.63, 3.8) is 0 Å². The van der Waals surface area contributed by atoms with Gasteiger partial charge in [0.1, 0.15) is 5.60 Å². The third-order valence-electron chi connectivity index (χ3n) is 6.42. The third kappa shape index (κ3) is 3.03. The summed E-state index contributed by atoms with van der Waals surface area (Å²) >= 11 is 0. The van der Waals surface area contributed by atoms with Crippen LogP contribution in [0.25, 0.3) is 0 Å². The molecule has 1 aromatic heterocycles. The second-order valence-electron chi connectivity index (χ2n) is 8.72. The molecule has 2 bridgehead atoms. The zero-order valence-electron chi connectivity index (χ0n) is 17.1. The van der Waals surface area contributed by atoms with Crippen LogP contribution in [0.5, 0.6) is 0 Å². The van der Waals surface area contributed by atoms with Gasteiger partial charge in [0, 0.05) is 24.6 Å². The molecule has 2 amide bonds. The molecule has 0 saturated carbocycles. The van der Waals surface area contributed by atoms with E-state index in [0.717, 1.165) is 11.3 Å². The fraction of sp³-hybridized carbons (Fsp3) is 0.375. The SMILES string of the molecule is CC(C)c1ccc(NC(=O)[C@@H]2[C@@H]3C=C[C@@]4(CN(Cc5cccnc5)C(=O)[C@H]24)O3)cc1. The molecule has 1 spiro atoms. The summed E-state index contributed by atoms with van der Waals surface area (Å²) in [5.74, 6) is -0.767. The first-order valence-corrected chi connectivity index (χ1v) is 10.4. The molecule has 0 radical (unpaired) electrons. The largest absolute Gasteiger partial charge is 0.360 e. The molecule has 3 aliphatic heterocycles. The molecule has 154 valence electrons. The number of amides is 2. The highest BCUT2D eigenvalue weighted by atomic mass is 16.5. The minimum Gasteiger partial charge on any atom is -0.360 e. The Balaban J connectivity index is 1.35. The first kappa shape index (κ1) is 19.0. The van der Waals surface area contributed by atoms with Gasteiger partial charge in [-0.15, -0.1) is 0 Å². The van der Waals surface area contributed by atoms with E-state index in [2.05, 4.69) is 24.1 Å². The summed E-state index contributed by atoms with van der Waals surface area (Å²) in [4.78, 5) is 32.4. The molecule has 3 aliphatic rings. The Hall–Kier alpha value is -2.99. The zero-order valence-corrected chi connectivity index (χ0v) is 17.1. The summed E-state index contributed by atoms with van der Waals surface area (Å²) in [7, 11) is 0. The summed E-state index contributed by atoms with van der Waals surface area (Å²) in [5, 5.41) is 3.00. The molecular weight excluding hydrogens is 378 g/mol. The maximum atomic E-state index is 13.3. The number of rotatable bonds is 5. The van der Waals surface area contributed by atoms with Crippen LogP contribution in [0.15, 0.2) is 60.9 Å². The van der Waals surface area contributed by atoms with Crippen LogP contribution in [-0.4, -0.2) is 39.9 Å². The van der Waals surface area contributed by atoms with Crippen LogP contribution in [0.2, 0.25) is 0 Å². The van der Waals surface area contributed by atoms with Crippen LogP contribution in [0.4, 0.5) is 5.69 Å². The van der Waals surface area contributed by atoms with Crippen molar-refractivity contribution in [2.24, 2.45) is 11.8 Å². The van der Waals surface area contributed by atoms with E-state index in [1.54, 1.807) is 17.3 Å². The number of likely N-dealkylation sites (tertiary alicyclic amines) is 1.